The topological polar surface area (TPSA) is 139 Å². The smallest absolute Gasteiger partial charge is 0.337 e. The van der Waals surface area contributed by atoms with Crippen molar-refractivity contribution in [2.75, 3.05) is 24.7 Å². The number of ether oxygens (including phenoxy) is 2. The van der Waals surface area contributed by atoms with E-state index in [0.29, 0.717) is 0 Å². The minimum absolute atomic E-state index is 0.0293. The molecule has 2 saturated heterocycles. The predicted octanol–water partition coefficient (Wildman–Crippen LogP) is -0.0275. The maximum Gasteiger partial charge on any atom is 0.337 e. The van der Waals surface area contributed by atoms with E-state index in [2.05, 4.69) is 0 Å². The predicted molar refractivity (Wildman–Crippen MR) is 91.4 cm³/mol. The Morgan fingerprint density at radius 1 is 0.815 bits per heavy atom. The first-order valence-corrected chi connectivity index (χ1v) is 11.5. The fourth-order valence-electron chi connectivity index (χ4n) is 2.60. The minimum atomic E-state index is -4.16. The molecule has 10 nitrogen and oxygen atoms in total. The van der Waals surface area contributed by atoms with Crippen LogP contribution in [0.3, 0.4) is 0 Å². The van der Waals surface area contributed by atoms with Crippen LogP contribution < -0.4 is 0 Å². The van der Waals surface area contributed by atoms with Gasteiger partial charge in [0.25, 0.3) is 20.2 Å². The molecule has 156 valence electrons. The maximum atomic E-state index is 12.1. The summed E-state index contributed by atoms with van der Waals surface area (Å²) in [7, 11) is -8.33. The van der Waals surface area contributed by atoms with Crippen molar-refractivity contribution in [3.63, 3.8) is 0 Å². The third-order valence-corrected chi connectivity index (χ3v) is 6.84. The Labute approximate surface area is 158 Å². The molecule has 0 spiro atoms. The van der Waals surface area contributed by atoms with Gasteiger partial charge in [-0.25, -0.2) is 9.59 Å². The SMILES string of the molecule is CC1(C)COC(=O)C1OS(=O)(=O)CCCS(=O)(=O)OC1C(=O)OCC1(C)C. The van der Waals surface area contributed by atoms with E-state index < -0.39 is 66.7 Å². The number of carbonyl (C=O) groups is 2. The second kappa shape index (κ2) is 7.30. The highest BCUT2D eigenvalue weighted by Gasteiger charge is 2.48. The van der Waals surface area contributed by atoms with E-state index in [1.165, 1.54) is 0 Å². The fourth-order valence-corrected chi connectivity index (χ4v) is 5.23. The lowest BCUT2D eigenvalue weighted by Crippen LogP contribution is -2.36. The van der Waals surface area contributed by atoms with Gasteiger partial charge < -0.3 is 9.47 Å². The first kappa shape index (κ1) is 22.1. The monoisotopic (exact) mass is 428 g/mol. The molecule has 2 fully saturated rings. The van der Waals surface area contributed by atoms with Gasteiger partial charge in [0.1, 0.15) is 0 Å². The number of esters is 2. The van der Waals surface area contributed by atoms with Crippen LogP contribution in [0.4, 0.5) is 0 Å². The van der Waals surface area contributed by atoms with Crippen molar-refractivity contribution in [2.45, 2.75) is 46.3 Å². The summed E-state index contributed by atoms with van der Waals surface area (Å²) in [5.74, 6) is -2.81. The van der Waals surface area contributed by atoms with Gasteiger partial charge in [-0.15, -0.1) is 0 Å². The summed E-state index contributed by atoms with van der Waals surface area (Å²) in [5, 5.41) is 0. The quantitative estimate of drug-likeness (QED) is 0.382. The highest BCUT2D eigenvalue weighted by molar-refractivity contribution is 7.87. The lowest BCUT2D eigenvalue weighted by atomic mass is 9.90. The van der Waals surface area contributed by atoms with Crippen LogP contribution in [0.5, 0.6) is 0 Å². The van der Waals surface area contributed by atoms with E-state index in [9.17, 15) is 26.4 Å². The summed E-state index contributed by atoms with van der Waals surface area (Å²) in [4.78, 5) is 23.2. The normalized spacial score (nSPS) is 27.4. The lowest BCUT2D eigenvalue weighted by molar-refractivity contribution is -0.144. The standard InChI is InChI=1S/C15H24O10S2/c1-14(2)8-22-12(16)10(14)24-26(18,19)6-5-7-27(20,21)25-11-13(17)23-9-15(11,3)4/h10-11H,5-9H2,1-4H3. The van der Waals surface area contributed by atoms with Crippen molar-refractivity contribution < 1.29 is 44.3 Å². The summed E-state index contributed by atoms with van der Waals surface area (Å²) >= 11 is 0. The maximum absolute atomic E-state index is 12.1. The van der Waals surface area contributed by atoms with Crippen molar-refractivity contribution in [3.8, 4) is 0 Å². The average molecular weight is 428 g/mol. The zero-order valence-electron chi connectivity index (χ0n) is 15.6. The molecular formula is C15H24O10S2. The molecule has 2 rings (SSSR count). The number of rotatable bonds is 8. The molecule has 0 radical (unpaired) electrons. The van der Waals surface area contributed by atoms with Gasteiger partial charge in [0.05, 0.1) is 24.7 Å². The first-order chi connectivity index (χ1) is 12.2. The fraction of sp³-hybridized carbons (Fsp3) is 0.867. The first-order valence-electron chi connectivity index (χ1n) is 8.30. The molecule has 2 aliphatic rings. The van der Waals surface area contributed by atoms with E-state index in [4.69, 9.17) is 17.8 Å². The van der Waals surface area contributed by atoms with Crippen molar-refractivity contribution in [1.82, 2.24) is 0 Å². The second-order valence-electron chi connectivity index (χ2n) is 8.02. The van der Waals surface area contributed by atoms with Crippen LogP contribution in [0.15, 0.2) is 0 Å². The summed E-state index contributed by atoms with van der Waals surface area (Å²) in [6.07, 6.45) is -2.87. The third-order valence-electron chi connectivity index (χ3n) is 4.29. The average Bonchev–Trinajstić information content (AvgIpc) is 2.90. The van der Waals surface area contributed by atoms with Crippen LogP contribution in [-0.2, 0) is 47.7 Å². The highest BCUT2D eigenvalue weighted by atomic mass is 32.2. The lowest BCUT2D eigenvalue weighted by Gasteiger charge is -2.22. The molecule has 2 unspecified atom stereocenters. The van der Waals surface area contributed by atoms with Crippen molar-refractivity contribution in [1.29, 1.82) is 0 Å². The molecule has 27 heavy (non-hydrogen) atoms. The van der Waals surface area contributed by atoms with Crippen LogP contribution in [-0.4, -0.2) is 65.7 Å². The summed E-state index contributed by atoms with van der Waals surface area (Å²) in [5.41, 5.74) is -1.62. The zero-order chi connectivity index (χ0) is 20.7. The van der Waals surface area contributed by atoms with Crippen LogP contribution in [0.1, 0.15) is 34.1 Å². The molecule has 0 aromatic rings. The van der Waals surface area contributed by atoms with Crippen LogP contribution in [0.2, 0.25) is 0 Å². The molecule has 2 heterocycles. The minimum Gasteiger partial charge on any atom is -0.463 e. The molecule has 2 aliphatic heterocycles. The van der Waals surface area contributed by atoms with E-state index in [-0.39, 0.29) is 19.6 Å². The van der Waals surface area contributed by atoms with Crippen LogP contribution in [0.25, 0.3) is 0 Å². The molecule has 0 aliphatic carbocycles. The number of carbonyl (C=O) groups excluding carboxylic acids is 2. The van der Waals surface area contributed by atoms with Crippen molar-refractivity contribution in [2.24, 2.45) is 10.8 Å². The Morgan fingerprint density at radius 3 is 1.41 bits per heavy atom. The summed E-state index contributed by atoms with van der Waals surface area (Å²) in [6.45, 7) is 6.55. The molecule has 0 aromatic carbocycles. The van der Waals surface area contributed by atoms with E-state index in [1.807, 2.05) is 0 Å². The van der Waals surface area contributed by atoms with Gasteiger partial charge in [-0.1, -0.05) is 27.7 Å². The van der Waals surface area contributed by atoms with Crippen molar-refractivity contribution in [3.05, 3.63) is 0 Å². The van der Waals surface area contributed by atoms with E-state index in [1.54, 1.807) is 27.7 Å². The van der Waals surface area contributed by atoms with Gasteiger partial charge in [-0.3, -0.25) is 8.37 Å². The molecule has 12 heteroatoms. The van der Waals surface area contributed by atoms with Gasteiger partial charge in [-0.2, -0.15) is 16.8 Å². The van der Waals surface area contributed by atoms with Crippen molar-refractivity contribution >= 4 is 32.2 Å². The molecule has 0 bridgehead atoms. The van der Waals surface area contributed by atoms with Gasteiger partial charge in [-0.05, 0) is 6.42 Å². The van der Waals surface area contributed by atoms with Crippen LogP contribution in [0, 0.1) is 10.8 Å². The molecule has 0 N–H and O–H groups in total. The summed E-state index contributed by atoms with van der Waals surface area (Å²) in [6, 6.07) is 0. The Kier molecular flexibility index (Phi) is 5.96. The Bertz CT molecular complexity index is 742. The number of hydrogen-bond acceptors (Lipinski definition) is 10. The van der Waals surface area contributed by atoms with Gasteiger partial charge in [0.2, 0.25) is 0 Å². The highest BCUT2D eigenvalue weighted by Crippen LogP contribution is 2.33. The van der Waals surface area contributed by atoms with Gasteiger partial charge >= 0.3 is 11.9 Å². The molecule has 0 aromatic heterocycles. The second-order valence-corrected chi connectivity index (χ2v) is 11.5. The third kappa shape index (κ3) is 5.39. The molecule has 2 atom stereocenters. The molecule has 0 saturated carbocycles. The van der Waals surface area contributed by atoms with Gasteiger partial charge in [0, 0.05) is 10.8 Å². The Morgan fingerprint density at radius 2 is 1.15 bits per heavy atom. The molecule has 0 amide bonds. The Balaban J connectivity index is 1.90. The molecular weight excluding hydrogens is 404 g/mol. The number of hydrogen-bond donors (Lipinski definition) is 0. The zero-order valence-corrected chi connectivity index (χ0v) is 17.2. The van der Waals surface area contributed by atoms with Crippen LogP contribution >= 0.6 is 0 Å². The Hall–Kier alpha value is -1.24. The van der Waals surface area contributed by atoms with E-state index in [0.717, 1.165) is 0 Å². The summed E-state index contributed by atoms with van der Waals surface area (Å²) < 4.78 is 67.7. The largest absolute Gasteiger partial charge is 0.463 e. The number of cyclic esters (lactones) is 2. The van der Waals surface area contributed by atoms with Gasteiger partial charge in [0.15, 0.2) is 12.2 Å². The van der Waals surface area contributed by atoms with E-state index >= 15 is 0 Å².